The zero-order valence-electron chi connectivity index (χ0n) is 22.3. The molecule has 0 saturated heterocycles. The molecule has 0 atom stereocenters. The minimum Gasteiger partial charge on any atom is -0.0666 e. The van der Waals surface area contributed by atoms with E-state index in [0.29, 0.717) is 0 Å². The van der Waals surface area contributed by atoms with Crippen molar-refractivity contribution in [3.63, 3.8) is 0 Å². The molecule has 6 aromatic rings. The van der Waals surface area contributed by atoms with Gasteiger partial charge in [0.15, 0.2) is 0 Å². The van der Waals surface area contributed by atoms with Gasteiger partial charge in [-0.1, -0.05) is 144 Å². The van der Waals surface area contributed by atoms with Crippen molar-refractivity contribution in [3.8, 4) is 33.4 Å². The van der Waals surface area contributed by atoms with Gasteiger partial charge in [-0.05, 0) is 86.0 Å². The molecule has 0 aromatic heterocycles. The van der Waals surface area contributed by atoms with Crippen molar-refractivity contribution >= 4 is 23.1 Å². The first kappa shape index (κ1) is 22.2. The van der Waals surface area contributed by atoms with Crippen LogP contribution in [0.25, 0.3) is 33.4 Å². The van der Waals surface area contributed by atoms with E-state index in [2.05, 4.69) is 127 Å². The molecular formula is C39H27B. The lowest BCUT2D eigenvalue weighted by Crippen LogP contribution is -2.55. The molecule has 0 nitrogen and oxygen atoms in total. The highest BCUT2D eigenvalue weighted by Crippen LogP contribution is 2.39. The number of rotatable bonds is 3. The van der Waals surface area contributed by atoms with E-state index in [1.807, 2.05) is 0 Å². The van der Waals surface area contributed by atoms with Gasteiger partial charge in [-0.3, -0.25) is 0 Å². The van der Waals surface area contributed by atoms with E-state index in [1.54, 1.807) is 0 Å². The summed E-state index contributed by atoms with van der Waals surface area (Å²) in [6, 6.07) is 48.0. The van der Waals surface area contributed by atoms with Gasteiger partial charge in [0, 0.05) is 0 Å². The third-order valence-corrected chi connectivity index (χ3v) is 9.59. The zero-order chi connectivity index (χ0) is 26.2. The molecule has 0 amide bonds. The molecule has 40 heavy (non-hydrogen) atoms. The quantitative estimate of drug-likeness (QED) is 0.228. The van der Waals surface area contributed by atoms with E-state index in [4.69, 9.17) is 0 Å². The molecule has 0 heterocycles. The molecule has 0 fully saturated rings. The Morgan fingerprint density at radius 1 is 0.300 bits per heavy atom. The molecule has 3 aliphatic carbocycles. The van der Waals surface area contributed by atoms with Crippen LogP contribution >= 0.6 is 0 Å². The Morgan fingerprint density at radius 3 is 0.950 bits per heavy atom. The Kier molecular flexibility index (Phi) is 4.69. The van der Waals surface area contributed by atoms with Crippen molar-refractivity contribution in [2.75, 3.05) is 0 Å². The van der Waals surface area contributed by atoms with Crippen LogP contribution in [0.1, 0.15) is 33.4 Å². The van der Waals surface area contributed by atoms with E-state index >= 15 is 0 Å². The third-order valence-electron chi connectivity index (χ3n) is 9.59. The molecule has 0 bridgehead atoms. The van der Waals surface area contributed by atoms with E-state index in [9.17, 15) is 0 Å². The van der Waals surface area contributed by atoms with Crippen molar-refractivity contribution in [2.24, 2.45) is 0 Å². The van der Waals surface area contributed by atoms with E-state index in [0.717, 1.165) is 19.3 Å². The molecule has 0 radical (unpaired) electrons. The molecule has 0 saturated carbocycles. The van der Waals surface area contributed by atoms with Crippen LogP contribution in [0.15, 0.2) is 127 Å². The molecule has 1 heteroatoms. The maximum Gasteiger partial charge on any atom is 0.242 e. The number of hydrogen-bond donors (Lipinski definition) is 0. The average molecular weight is 506 g/mol. The summed E-state index contributed by atoms with van der Waals surface area (Å²) in [7, 11) is 0. The number of hydrogen-bond acceptors (Lipinski definition) is 0. The number of fused-ring (bicyclic) bond motifs is 9. The molecule has 0 spiro atoms. The Balaban J connectivity index is 1.31. The average Bonchev–Trinajstić information content (AvgIpc) is 3.70. The van der Waals surface area contributed by atoms with E-state index in [-0.39, 0.29) is 6.71 Å². The Hall–Kier alpha value is -4.62. The summed E-state index contributed by atoms with van der Waals surface area (Å²) in [5.74, 6) is 0. The van der Waals surface area contributed by atoms with Crippen LogP contribution in [-0.4, -0.2) is 6.71 Å². The highest BCUT2D eigenvalue weighted by atomic mass is 14.3. The molecule has 0 aliphatic heterocycles. The lowest BCUT2D eigenvalue weighted by molar-refractivity contribution is 1.26. The van der Waals surface area contributed by atoms with Gasteiger partial charge < -0.3 is 0 Å². The second-order valence-corrected chi connectivity index (χ2v) is 11.6. The fourth-order valence-electron chi connectivity index (χ4n) is 7.86. The third kappa shape index (κ3) is 3.09. The SMILES string of the molecule is c1ccc2c(c1)Cc1c(B(c3cccc4c3Cc3ccccc3-4)c3cccc4c3Cc3ccccc3-4)cccc1-2. The summed E-state index contributed by atoms with van der Waals surface area (Å²) in [6.45, 7) is 0.179. The van der Waals surface area contributed by atoms with E-state index in [1.165, 1.54) is 83.1 Å². The smallest absolute Gasteiger partial charge is 0.0666 e. The first-order valence-electron chi connectivity index (χ1n) is 14.5. The maximum atomic E-state index is 2.42. The van der Waals surface area contributed by atoms with Crippen LogP contribution in [-0.2, 0) is 19.3 Å². The molecule has 186 valence electrons. The van der Waals surface area contributed by atoms with Crippen LogP contribution in [0.3, 0.4) is 0 Å². The molecular weight excluding hydrogens is 479 g/mol. The van der Waals surface area contributed by atoms with Crippen molar-refractivity contribution in [3.05, 3.63) is 161 Å². The summed E-state index contributed by atoms with van der Waals surface area (Å²) in [6.07, 6.45) is 3.01. The molecule has 9 rings (SSSR count). The van der Waals surface area contributed by atoms with Crippen molar-refractivity contribution in [2.45, 2.75) is 19.3 Å². The fourth-order valence-corrected chi connectivity index (χ4v) is 7.86. The van der Waals surface area contributed by atoms with Gasteiger partial charge in [0.05, 0.1) is 0 Å². The largest absolute Gasteiger partial charge is 0.242 e. The zero-order valence-corrected chi connectivity index (χ0v) is 22.3. The van der Waals surface area contributed by atoms with Gasteiger partial charge in [0.25, 0.3) is 0 Å². The van der Waals surface area contributed by atoms with Gasteiger partial charge in [-0.15, -0.1) is 0 Å². The minimum absolute atomic E-state index is 0.179. The second kappa shape index (κ2) is 8.44. The number of benzene rings is 6. The fraction of sp³-hybridized carbons (Fsp3) is 0.0769. The summed E-state index contributed by atoms with van der Waals surface area (Å²) in [5.41, 5.74) is 21.6. The van der Waals surface area contributed by atoms with Gasteiger partial charge in [-0.2, -0.15) is 0 Å². The van der Waals surface area contributed by atoms with Crippen molar-refractivity contribution < 1.29 is 0 Å². The van der Waals surface area contributed by atoms with Gasteiger partial charge in [-0.25, -0.2) is 0 Å². The van der Waals surface area contributed by atoms with Crippen LogP contribution in [0, 0.1) is 0 Å². The van der Waals surface area contributed by atoms with Crippen molar-refractivity contribution in [1.29, 1.82) is 0 Å². The summed E-state index contributed by atoms with van der Waals surface area (Å²) in [4.78, 5) is 0. The lowest BCUT2D eigenvalue weighted by atomic mass is 9.34. The van der Waals surface area contributed by atoms with Crippen molar-refractivity contribution in [1.82, 2.24) is 0 Å². The molecule has 6 aromatic carbocycles. The lowest BCUT2D eigenvalue weighted by Gasteiger charge is -2.24. The summed E-state index contributed by atoms with van der Waals surface area (Å²) < 4.78 is 0. The first-order chi connectivity index (χ1) is 19.8. The van der Waals surface area contributed by atoms with E-state index < -0.39 is 0 Å². The summed E-state index contributed by atoms with van der Waals surface area (Å²) >= 11 is 0. The molecule has 3 aliphatic rings. The monoisotopic (exact) mass is 506 g/mol. The van der Waals surface area contributed by atoms with Gasteiger partial charge in [0.2, 0.25) is 6.71 Å². The predicted molar refractivity (Wildman–Crippen MR) is 169 cm³/mol. The van der Waals surface area contributed by atoms with Gasteiger partial charge in [0.1, 0.15) is 0 Å². The topological polar surface area (TPSA) is 0 Å². The Labute approximate surface area is 236 Å². The second-order valence-electron chi connectivity index (χ2n) is 11.6. The Bertz CT molecular complexity index is 1760. The minimum atomic E-state index is 0.179. The van der Waals surface area contributed by atoms with Gasteiger partial charge >= 0.3 is 0 Å². The highest BCUT2D eigenvalue weighted by molar-refractivity contribution is 6.96. The van der Waals surface area contributed by atoms with Crippen LogP contribution in [0.5, 0.6) is 0 Å². The molecule has 0 N–H and O–H groups in total. The molecule has 0 unspecified atom stereocenters. The predicted octanol–water partition coefficient (Wildman–Crippen LogP) is 6.92. The van der Waals surface area contributed by atoms with Crippen LogP contribution < -0.4 is 16.4 Å². The first-order valence-corrected chi connectivity index (χ1v) is 14.5. The highest BCUT2D eigenvalue weighted by Gasteiger charge is 2.35. The normalized spacial score (nSPS) is 13.2. The Morgan fingerprint density at radius 2 is 0.600 bits per heavy atom. The summed E-state index contributed by atoms with van der Waals surface area (Å²) in [5, 5.41) is 0. The maximum absolute atomic E-state index is 2.42. The van der Waals surface area contributed by atoms with Crippen LogP contribution in [0.4, 0.5) is 0 Å². The van der Waals surface area contributed by atoms with Crippen LogP contribution in [0.2, 0.25) is 0 Å². The standard InChI is InChI=1S/C39H27B/c1-4-13-28-25(10-1)22-34-31(28)16-7-19-37(34)40(38-20-8-17-32-29-14-5-2-11-26(29)23-35(32)38)39-21-9-18-33-30-15-6-3-12-27(30)24-36(33)39/h1-21H,22-24H2.